The Kier molecular flexibility index (Phi) is 2.80. The van der Waals surface area contributed by atoms with Crippen LogP contribution < -0.4 is 5.32 Å². The van der Waals surface area contributed by atoms with Gasteiger partial charge in [0.25, 0.3) is 0 Å². The van der Waals surface area contributed by atoms with Crippen molar-refractivity contribution in [2.75, 3.05) is 19.8 Å². The van der Waals surface area contributed by atoms with Crippen LogP contribution in [-0.4, -0.2) is 25.8 Å². The van der Waals surface area contributed by atoms with Crippen LogP contribution in [0.3, 0.4) is 0 Å². The lowest BCUT2D eigenvalue weighted by Gasteiger charge is -2.24. The summed E-state index contributed by atoms with van der Waals surface area (Å²) in [4.78, 5) is 0. The van der Waals surface area contributed by atoms with Crippen LogP contribution in [0.4, 0.5) is 0 Å². The molecule has 1 N–H and O–H groups in total. The third kappa shape index (κ3) is 2.11. The van der Waals surface area contributed by atoms with Gasteiger partial charge in [-0.2, -0.15) is 0 Å². The first-order valence-electron chi connectivity index (χ1n) is 6.41. The Morgan fingerprint density at radius 3 is 3.00 bits per heavy atom. The highest BCUT2D eigenvalue weighted by Crippen LogP contribution is 2.44. The number of ether oxygens (including phenoxy) is 1. The highest BCUT2D eigenvalue weighted by atomic mass is 16.5. The van der Waals surface area contributed by atoms with E-state index in [-0.39, 0.29) is 0 Å². The van der Waals surface area contributed by atoms with Crippen molar-refractivity contribution in [2.45, 2.75) is 38.1 Å². The van der Waals surface area contributed by atoms with Gasteiger partial charge in [-0.25, -0.2) is 0 Å². The van der Waals surface area contributed by atoms with Crippen molar-refractivity contribution in [1.82, 2.24) is 5.32 Å². The molecule has 3 atom stereocenters. The number of hydrogen-bond donors (Lipinski definition) is 1. The molecule has 3 aliphatic rings. The van der Waals surface area contributed by atoms with Crippen molar-refractivity contribution in [3.8, 4) is 0 Å². The van der Waals surface area contributed by atoms with Crippen molar-refractivity contribution in [3.63, 3.8) is 0 Å². The molecule has 3 unspecified atom stereocenters. The van der Waals surface area contributed by atoms with E-state index in [1.165, 1.54) is 31.3 Å². The van der Waals surface area contributed by atoms with Crippen molar-refractivity contribution in [3.05, 3.63) is 11.6 Å². The third-order valence-electron chi connectivity index (χ3n) is 4.31. The molecule has 0 aromatic heterocycles. The van der Waals surface area contributed by atoms with Crippen molar-refractivity contribution in [1.29, 1.82) is 0 Å². The fourth-order valence-electron chi connectivity index (χ4n) is 3.49. The average Bonchev–Trinajstić information content (AvgIpc) is 2.89. The molecule has 2 heteroatoms. The summed E-state index contributed by atoms with van der Waals surface area (Å²) in [5, 5.41) is 3.73. The first kappa shape index (κ1) is 9.86. The van der Waals surface area contributed by atoms with Crippen LogP contribution in [0.1, 0.15) is 32.1 Å². The smallest absolute Gasteiger partial charge is 0.0689 e. The molecule has 0 spiro atoms. The summed E-state index contributed by atoms with van der Waals surface area (Å²) in [5.74, 6) is 2.03. The van der Waals surface area contributed by atoms with Gasteiger partial charge in [-0.05, 0) is 43.1 Å². The molecule has 2 bridgehead atoms. The van der Waals surface area contributed by atoms with Crippen LogP contribution in [0.25, 0.3) is 0 Å². The maximum absolute atomic E-state index is 5.45. The summed E-state index contributed by atoms with van der Waals surface area (Å²) in [6, 6.07) is 0.812. The molecular formula is C13H21NO. The highest BCUT2D eigenvalue weighted by Gasteiger charge is 2.38. The summed E-state index contributed by atoms with van der Waals surface area (Å²) >= 11 is 0. The fourth-order valence-corrected chi connectivity index (χ4v) is 3.49. The Morgan fingerprint density at radius 2 is 2.33 bits per heavy atom. The zero-order valence-electron chi connectivity index (χ0n) is 9.37. The lowest BCUT2D eigenvalue weighted by Crippen LogP contribution is -2.36. The molecule has 2 fully saturated rings. The monoisotopic (exact) mass is 207 g/mol. The van der Waals surface area contributed by atoms with E-state index in [0.29, 0.717) is 0 Å². The first-order valence-corrected chi connectivity index (χ1v) is 6.41. The SMILES string of the molecule is C1=C(CNC2CC3CCC2C3)COCC1. The van der Waals surface area contributed by atoms with Gasteiger partial charge in [0.05, 0.1) is 13.2 Å². The number of rotatable bonds is 3. The van der Waals surface area contributed by atoms with E-state index >= 15 is 0 Å². The number of hydrogen-bond acceptors (Lipinski definition) is 2. The van der Waals surface area contributed by atoms with Crippen molar-refractivity contribution >= 4 is 0 Å². The van der Waals surface area contributed by atoms with E-state index in [0.717, 1.165) is 44.1 Å². The number of fused-ring (bicyclic) bond motifs is 2. The van der Waals surface area contributed by atoms with Crippen molar-refractivity contribution in [2.24, 2.45) is 11.8 Å². The molecule has 1 aliphatic heterocycles. The van der Waals surface area contributed by atoms with E-state index in [4.69, 9.17) is 4.74 Å². The van der Waals surface area contributed by atoms with Gasteiger partial charge in [-0.1, -0.05) is 12.5 Å². The van der Waals surface area contributed by atoms with E-state index in [1.807, 2.05) is 0 Å². The summed E-state index contributed by atoms with van der Waals surface area (Å²) in [7, 11) is 0. The second kappa shape index (κ2) is 4.26. The quantitative estimate of drug-likeness (QED) is 0.716. The molecule has 2 nitrogen and oxygen atoms in total. The largest absolute Gasteiger partial charge is 0.377 e. The van der Waals surface area contributed by atoms with E-state index in [9.17, 15) is 0 Å². The Balaban J connectivity index is 1.48. The Labute approximate surface area is 92.1 Å². The summed E-state index contributed by atoms with van der Waals surface area (Å²) in [6.07, 6.45) is 9.34. The zero-order chi connectivity index (χ0) is 10.1. The van der Waals surface area contributed by atoms with Gasteiger partial charge in [0.1, 0.15) is 0 Å². The Bertz CT molecular complexity index is 261. The fraction of sp³-hybridized carbons (Fsp3) is 0.846. The topological polar surface area (TPSA) is 21.3 Å². The summed E-state index contributed by atoms with van der Waals surface area (Å²) in [6.45, 7) is 2.83. The van der Waals surface area contributed by atoms with Gasteiger partial charge in [0.15, 0.2) is 0 Å². The maximum atomic E-state index is 5.45. The highest BCUT2D eigenvalue weighted by molar-refractivity contribution is 5.08. The standard InChI is InChI=1S/C13H21NO/c1-2-11(9-15-5-1)8-14-13-7-10-3-4-12(13)6-10/h2,10,12-14H,1,3-9H2. The molecule has 0 saturated heterocycles. The molecule has 0 amide bonds. The van der Waals surface area contributed by atoms with Crippen LogP contribution in [0.5, 0.6) is 0 Å². The second-order valence-corrected chi connectivity index (χ2v) is 5.37. The van der Waals surface area contributed by atoms with Crippen LogP contribution in [0, 0.1) is 11.8 Å². The van der Waals surface area contributed by atoms with Crippen LogP contribution in [0.15, 0.2) is 11.6 Å². The average molecular weight is 207 g/mol. The van der Waals surface area contributed by atoms with Gasteiger partial charge in [0, 0.05) is 12.6 Å². The van der Waals surface area contributed by atoms with Gasteiger partial charge < -0.3 is 10.1 Å². The van der Waals surface area contributed by atoms with Gasteiger partial charge in [-0.3, -0.25) is 0 Å². The molecule has 0 radical (unpaired) electrons. The molecule has 15 heavy (non-hydrogen) atoms. The molecule has 1 heterocycles. The van der Waals surface area contributed by atoms with Crippen LogP contribution >= 0.6 is 0 Å². The lowest BCUT2D eigenvalue weighted by atomic mass is 9.95. The lowest BCUT2D eigenvalue weighted by molar-refractivity contribution is 0.148. The van der Waals surface area contributed by atoms with Gasteiger partial charge in [0.2, 0.25) is 0 Å². The minimum absolute atomic E-state index is 0.812. The van der Waals surface area contributed by atoms with E-state index < -0.39 is 0 Å². The molecule has 2 aliphatic carbocycles. The molecule has 3 rings (SSSR count). The normalized spacial score (nSPS) is 39.5. The second-order valence-electron chi connectivity index (χ2n) is 5.37. The Hall–Kier alpha value is -0.340. The van der Waals surface area contributed by atoms with Gasteiger partial charge in [-0.15, -0.1) is 0 Å². The van der Waals surface area contributed by atoms with Crippen LogP contribution in [0.2, 0.25) is 0 Å². The van der Waals surface area contributed by atoms with E-state index in [1.54, 1.807) is 0 Å². The molecule has 0 aromatic rings. The van der Waals surface area contributed by atoms with E-state index in [2.05, 4.69) is 11.4 Å². The molecule has 2 saturated carbocycles. The van der Waals surface area contributed by atoms with Crippen LogP contribution in [-0.2, 0) is 4.74 Å². The minimum atomic E-state index is 0.812. The number of nitrogens with one attached hydrogen (secondary N) is 1. The predicted molar refractivity (Wildman–Crippen MR) is 60.8 cm³/mol. The Morgan fingerprint density at radius 1 is 1.33 bits per heavy atom. The predicted octanol–water partition coefficient (Wildman–Crippen LogP) is 2.11. The van der Waals surface area contributed by atoms with Crippen molar-refractivity contribution < 1.29 is 4.74 Å². The first-order chi connectivity index (χ1) is 7.42. The zero-order valence-corrected chi connectivity index (χ0v) is 9.37. The minimum Gasteiger partial charge on any atom is -0.377 e. The van der Waals surface area contributed by atoms with Gasteiger partial charge >= 0.3 is 0 Å². The summed E-state index contributed by atoms with van der Waals surface area (Å²) in [5.41, 5.74) is 1.46. The third-order valence-corrected chi connectivity index (χ3v) is 4.31. The maximum Gasteiger partial charge on any atom is 0.0689 e. The molecular weight excluding hydrogens is 186 g/mol. The molecule has 84 valence electrons. The summed E-state index contributed by atoms with van der Waals surface area (Å²) < 4.78 is 5.45. The molecule has 0 aromatic carbocycles.